The first-order valence-electron chi connectivity index (χ1n) is 6.07. The Morgan fingerprint density at radius 2 is 2.05 bits per heavy atom. The van der Waals surface area contributed by atoms with Crippen LogP contribution in [0.25, 0.3) is 22.5 Å². The highest BCUT2D eigenvalue weighted by Crippen LogP contribution is 2.26. The molecule has 2 heterocycles. The molecular weight excluding hydrogens is 257 g/mol. The summed E-state index contributed by atoms with van der Waals surface area (Å²) in [6.07, 6.45) is 3.43. The molecule has 0 aliphatic rings. The number of benzene rings is 1. The molecule has 1 aromatic carbocycles. The first-order chi connectivity index (χ1) is 9.78. The average molecular weight is 269 g/mol. The second kappa shape index (κ2) is 5.13. The Hall–Kier alpha value is -2.69. The lowest BCUT2D eigenvalue weighted by molar-refractivity contribution is 0.386. The van der Waals surface area contributed by atoms with E-state index in [0.29, 0.717) is 5.56 Å². The predicted octanol–water partition coefficient (Wildman–Crippen LogP) is 3.29. The van der Waals surface area contributed by atoms with Crippen LogP contribution in [-0.4, -0.2) is 22.3 Å². The van der Waals surface area contributed by atoms with Crippen molar-refractivity contribution in [3.63, 3.8) is 0 Å². The van der Waals surface area contributed by atoms with E-state index in [9.17, 15) is 4.39 Å². The van der Waals surface area contributed by atoms with Crippen LogP contribution in [0.4, 0.5) is 4.39 Å². The molecule has 0 aliphatic carbocycles. The van der Waals surface area contributed by atoms with Gasteiger partial charge in [-0.2, -0.15) is 5.10 Å². The smallest absolute Gasteiger partial charge is 0.165 e. The number of aromatic nitrogens is 3. The number of aromatic amines is 1. The van der Waals surface area contributed by atoms with Crippen molar-refractivity contribution in [2.45, 2.75) is 0 Å². The van der Waals surface area contributed by atoms with Gasteiger partial charge < -0.3 is 4.74 Å². The van der Waals surface area contributed by atoms with Crippen LogP contribution in [0.3, 0.4) is 0 Å². The molecule has 1 N–H and O–H groups in total. The molecule has 100 valence electrons. The van der Waals surface area contributed by atoms with E-state index in [4.69, 9.17) is 4.74 Å². The Morgan fingerprint density at radius 1 is 1.15 bits per heavy atom. The third kappa shape index (κ3) is 2.25. The Labute approximate surface area is 115 Å². The van der Waals surface area contributed by atoms with Crippen LogP contribution in [0.5, 0.6) is 5.75 Å². The molecule has 2 aromatic heterocycles. The van der Waals surface area contributed by atoms with Crippen LogP contribution in [0.1, 0.15) is 0 Å². The quantitative estimate of drug-likeness (QED) is 0.793. The normalized spacial score (nSPS) is 10.5. The minimum Gasteiger partial charge on any atom is -0.494 e. The van der Waals surface area contributed by atoms with Gasteiger partial charge in [0.05, 0.1) is 18.5 Å². The molecule has 0 amide bonds. The topological polar surface area (TPSA) is 50.8 Å². The number of pyridine rings is 1. The van der Waals surface area contributed by atoms with Gasteiger partial charge in [-0.05, 0) is 36.4 Å². The van der Waals surface area contributed by atoms with Crippen LogP contribution in [0, 0.1) is 5.82 Å². The zero-order valence-electron chi connectivity index (χ0n) is 10.8. The lowest BCUT2D eigenvalue weighted by Crippen LogP contribution is -1.88. The maximum Gasteiger partial charge on any atom is 0.165 e. The number of hydrogen-bond donors (Lipinski definition) is 1. The van der Waals surface area contributed by atoms with Crippen molar-refractivity contribution in [3.05, 3.63) is 54.6 Å². The van der Waals surface area contributed by atoms with Gasteiger partial charge in [0, 0.05) is 23.5 Å². The van der Waals surface area contributed by atoms with Crippen LogP contribution in [0.15, 0.2) is 48.8 Å². The summed E-state index contributed by atoms with van der Waals surface area (Å²) in [4.78, 5) is 4.05. The summed E-state index contributed by atoms with van der Waals surface area (Å²) in [5.41, 5.74) is 3.13. The monoisotopic (exact) mass is 269 g/mol. The van der Waals surface area contributed by atoms with Crippen molar-refractivity contribution in [2.75, 3.05) is 7.11 Å². The van der Waals surface area contributed by atoms with E-state index in [2.05, 4.69) is 15.2 Å². The Bertz CT molecular complexity index is 725. The van der Waals surface area contributed by atoms with Gasteiger partial charge in [-0.3, -0.25) is 10.1 Å². The number of ether oxygens (including phenoxy) is 1. The summed E-state index contributed by atoms with van der Waals surface area (Å²) in [5.74, 6) is -0.178. The third-order valence-electron chi connectivity index (χ3n) is 3.00. The SMILES string of the molecule is COc1ccc(-c2cc(-c3cccnc3)n[nH]2)cc1F. The summed E-state index contributed by atoms with van der Waals surface area (Å²) >= 11 is 0. The molecule has 0 fully saturated rings. The van der Waals surface area contributed by atoms with Gasteiger partial charge >= 0.3 is 0 Å². The van der Waals surface area contributed by atoms with Crippen molar-refractivity contribution in [1.29, 1.82) is 0 Å². The molecular formula is C15H12FN3O. The highest BCUT2D eigenvalue weighted by atomic mass is 19.1. The van der Waals surface area contributed by atoms with Gasteiger partial charge in [0.25, 0.3) is 0 Å². The number of nitrogens with zero attached hydrogens (tertiary/aromatic N) is 2. The van der Waals surface area contributed by atoms with Crippen molar-refractivity contribution >= 4 is 0 Å². The summed E-state index contributed by atoms with van der Waals surface area (Å²) in [6.45, 7) is 0. The Kier molecular flexibility index (Phi) is 3.16. The second-order valence-electron chi connectivity index (χ2n) is 4.26. The van der Waals surface area contributed by atoms with E-state index in [1.165, 1.54) is 13.2 Å². The van der Waals surface area contributed by atoms with E-state index >= 15 is 0 Å². The second-order valence-corrected chi connectivity index (χ2v) is 4.26. The first-order valence-corrected chi connectivity index (χ1v) is 6.07. The molecule has 3 aromatic rings. The Morgan fingerprint density at radius 3 is 2.75 bits per heavy atom. The van der Waals surface area contributed by atoms with Crippen LogP contribution in [0.2, 0.25) is 0 Å². The zero-order valence-corrected chi connectivity index (χ0v) is 10.8. The van der Waals surface area contributed by atoms with Gasteiger partial charge in [-0.1, -0.05) is 0 Å². The van der Waals surface area contributed by atoms with Crippen LogP contribution in [-0.2, 0) is 0 Å². The molecule has 5 heteroatoms. The molecule has 0 aliphatic heterocycles. The minimum absolute atomic E-state index is 0.223. The van der Waals surface area contributed by atoms with Gasteiger partial charge in [-0.25, -0.2) is 4.39 Å². The number of rotatable bonds is 3. The zero-order chi connectivity index (χ0) is 13.9. The fourth-order valence-corrected chi connectivity index (χ4v) is 1.97. The number of methoxy groups -OCH3 is 1. The van der Waals surface area contributed by atoms with Crippen molar-refractivity contribution in [1.82, 2.24) is 15.2 Å². The molecule has 4 nitrogen and oxygen atoms in total. The largest absolute Gasteiger partial charge is 0.494 e. The minimum atomic E-state index is -0.400. The number of nitrogens with one attached hydrogen (secondary N) is 1. The van der Waals surface area contributed by atoms with Gasteiger partial charge in [0.1, 0.15) is 0 Å². The maximum absolute atomic E-state index is 13.7. The fraction of sp³-hybridized carbons (Fsp3) is 0.0667. The fourth-order valence-electron chi connectivity index (χ4n) is 1.97. The predicted molar refractivity (Wildman–Crippen MR) is 73.8 cm³/mol. The molecule has 0 unspecified atom stereocenters. The van der Waals surface area contributed by atoms with E-state index in [0.717, 1.165) is 17.0 Å². The first kappa shape index (κ1) is 12.3. The molecule has 20 heavy (non-hydrogen) atoms. The average Bonchev–Trinajstić information content (AvgIpc) is 2.98. The molecule has 0 spiro atoms. The van der Waals surface area contributed by atoms with Crippen molar-refractivity contribution in [2.24, 2.45) is 0 Å². The summed E-state index contributed by atoms with van der Waals surface area (Å²) < 4.78 is 18.6. The molecule has 0 saturated carbocycles. The summed E-state index contributed by atoms with van der Waals surface area (Å²) in [6, 6.07) is 10.4. The number of halogens is 1. The third-order valence-corrected chi connectivity index (χ3v) is 3.00. The van der Waals surface area contributed by atoms with Gasteiger partial charge in [0.2, 0.25) is 0 Å². The highest BCUT2D eigenvalue weighted by molar-refractivity contribution is 5.68. The number of H-pyrrole nitrogens is 1. The summed E-state index contributed by atoms with van der Waals surface area (Å²) in [5, 5.41) is 7.12. The molecule has 0 saturated heterocycles. The lowest BCUT2D eigenvalue weighted by Gasteiger charge is -2.03. The van der Waals surface area contributed by atoms with E-state index in [1.54, 1.807) is 24.5 Å². The molecule has 3 rings (SSSR count). The van der Waals surface area contributed by atoms with E-state index in [-0.39, 0.29) is 5.75 Å². The van der Waals surface area contributed by atoms with Gasteiger partial charge in [0.15, 0.2) is 11.6 Å². The standard InChI is InChI=1S/C15H12FN3O/c1-20-15-5-4-10(7-12(15)16)13-8-14(19-18-13)11-3-2-6-17-9-11/h2-9H,1H3,(H,18,19). The molecule has 0 radical (unpaired) electrons. The molecule has 0 atom stereocenters. The maximum atomic E-state index is 13.7. The lowest BCUT2D eigenvalue weighted by atomic mass is 10.1. The van der Waals surface area contributed by atoms with Gasteiger partial charge in [-0.15, -0.1) is 0 Å². The number of hydrogen-bond acceptors (Lipinski definition) is 3. The van der Waals surface area contributed by atoms with E-state index < -0.39 is 5.82 Å². The van der Waals surface area contributed by atoms with Crippen molar-refractivity contribution < 1.29 is 9.13 Å². The van der Waals surface area contributed by atoms with Crippen LogP contribution < -0.4 is 4.74 Å². The summed E-state index contributed by atoms with van der Waals surface area (Å²) in [7, 11) is 1.44. The van der Waals surface area contributed by atoms with Crippen molar-refractivity contribution in [3.8, 4) is 28.3 Å². The van der Waals surface area contributed by atoms with Crippen LogP contribution >= 0.6 is 0 Å². The Balaban J connectivity index is 1.96. The van der Waals surface area contributed by atoms with E-state index in [1.807, 2.05) is 18.2 Å². The highest BCUT2D eigenvalue weighted by Gasteiger charge is 2.09. The molecule has 0 bridgehead atoms.